The van der Waals surface area contributed by atoms with Gasteiger partial charge in [-0.1, -0.05) is 29.5 Å². The van der Waals surface area contributed by atoms with E-state index in [0.29, 0.717) is 36.2 Å². The predicted molar refractivity (Wildman–Crippen MR) is 155 cm³/mol. The van der Waals surface area contributed by atoms with Gasteiger partial charge in [-0.2, -0.15) is 0 Å². The Morgan fingerprint density at radius 3 is 2.90 bits per heavy atom. The number of rotatable bonds is 6. The van der Waals surface area contributed by atoms with E-state index in [4.69, 9.17) is 21.1 Å². The maximum absolute atomic E-state index is 12.3. The summed E-state index contributed by atoms with van der Waals surface area (Å²) in [6.07, 6.45) is 5.65. The molecule has 9 nitrogen and oxygen atoms in total. The van der Waals surface area contributed by atoms with Gasteiger partial charge < -0.3 is 19.7 Å². The summed E-state index contributed by atoms with van der Waals surface area (Å²) in [4.78, 5) is 28.1. The Morgan fingerprint density at radius 2 is 2.08 bits per heavy atom. The van der Waals surface area contributed by atoms with Gasteiger partial charge in [0.15, 0.2) is 5.82 Å². The van der Waals surface area contributed by atoms with Crippen molar-refractivity contribution in [2.24, 2.45) is 0 Å². The molecule has 0 radical (unpaired) electrons. The van der Waals surface area contributed by atoms with E-state index in [1.165, 1.54) is 17.7 Å². The number of hydrogen-bond acceptors (Lipinski definition) is 9. The molecule has 2 aliphatic rings. The molecule has 2 atom stereocenters. The molecule has 0 bridgehead atoms. The second-order valence-electron chi connectivity index (χ2n) is 9.59. The van der Waals surface area contributed by atoms with E-state index in [0.717, 1.165) is 52.4 Å². The van der Waals surface area contributed by atoms with Crippen LogP contribution in [0.15, 0.2) is 55.0 Å². The maximum Gasteiger partial charge on any atom is 0.410 e. The molecule has 2 N–H and O–H groups in total. The first-order valence-corrected chi connectivity index (χ1v) is 14.3. The predicted octanol–water partition coefficient (Wildman–Crippen LogP) is 5.38. The number of likely N-dealkylation sites (tertiary alicyclic amines) is 1. The molecule has 0 saturated carbocycles. The zero-order chi connectivity index (χ0) is 27.3. The normalized spacial score (nSPS) is 18.4. The van der Waals surface area contributed by atoms with Crippen LogP contribution in [0.25, 0.3) is 10.2 Å². The molecule has 2 fully saturated rings. The van der Waals surface area contributed by atoms with Crippen LogP contribution in [0.2, 0.25) is 5.02 Å². The van der Waals surface area contributed by atoms with Crippen LogP contribution in [-0.4, -0.2) is 57.7 Å². The van der Waals surface area contributed by atoms with E-state index in [1.807, 2.05) is 36.4 Å². The Labute approximate surface area is 240 Å². The zero-order valence-corrected chi connectivity index (χ0v) is 23.2. The van der Waals surface area contributed by atoms with Crippen molar-refractivity contribution in [2.45, 2.75) is 38.0 Å². The Balaban J connectivity index is 1.09. The Bertz CT molecular complexity index is 1560. The van der Waals surface area contributed by atoms with E-state index in [2.05, 4.69) is 37.4 Å². The van der Waals surface area contributed by atoms with Gasteiger partial charge in [0.05, 0.1) is 31.9 Å². The third-order valence-corrected chi connectivity index (χ3v) is 8.04. The Kier molecular flexibility index (Phi) is 7.95. The smallest absolute Gasteiger partial charge is 0.410 e. The highest BCUT2D eigenvalue weighted by Gasteiger charge is 2.28. The van der Waals surface area contributed by atoms with E-state index >= 15 is 0 Å². The summed E-state index contributed by atoms with van der Waals surface area (Å²) in [5, 5.41) is 7.17. The fourth-order valence-corrected chi connectivity index (χ4v) is 5.80. The van der Waals surface area contributed by atoms with Crippen LogP contribution in [0, 0.1) is 11.8 Å². The molecule has 2 unspecified atom stereocenters. The number of halogens is 1. The summed E-state index contributed by atoms with van der Waals surface area (Å²) >= 11 is 8.01. The van der Waals surface area contributed by atoms with Crippen molar-refractivity contribution in [1.29, 1.82) is 0 Å². The average Bonchev–Trinajstić information content (AvgIpc) is 3.74. The van der Waals surface area contributed by atoms with Crippen molar-refractivity contribution >= 4 is 50.8 Å². The van der Waals surface area contributed by atoms with Crippen LogP contribution in [0.4, 0.5) is 16.3 Å². The first-order valence-electron chi connectivity index (χ1n) is 13.1. The van der Waals surface area contributed by atoms with Crippen LogP contribution in [0.5, 0.6) is 5.75 Å². The first kappa shape index (κ1) is 26.3. The van der Waals surface area contributed by atoms with Gasteiger partial charge in [-0.25, -0.2) is 14.8 Å². The number of carbonyl (C=O) groups is 1. The van der Waals surface area contributed by atoms with Gasteiger partial charge in [0, 0.05) is 37.9 Å². The number of nitrogens with one attached hydrogen (secondary N) is 2. The van der Waals surface area contributed by atoms with Gasteiger partial charge >= 0.3 is 6.09 Å². The van der Waals surface area contributed by atoms with Gasteiger partial charge in [-0.15, -0.1) is 11.3 Å². The minimum Gasteiger partial charge on any atom is -0.486 e. The van der Waals surface area contributed by atoms with Gasteiger partial charge in [-0.3, -0.25) is 10.3 Å². The molecule has 40 heavy (non-hydrogen) atoms. The second kappa shape index (κ2) is 12.1. The molecule has 2 aliphatic heterocycles. The zero-order valence-electron chi connectivity index (χ0n) is 21.6. The Morgan fingerprint density at radius 1 is 1.18 bits per heavy atom. The van der Waals surface area contributed by atoms with Gasteiger partial charge in [-0.05, 0) is 49.2 Å². The largest absolute Gasteiger partial charge is 0.486 e. The molecule has 3 aromatic heterocycles. The molecule has 2 saturated heterocycles. The summed E-state index contributed by atoms with van der Waals surface area (Å²) in [6, 6.07) is 13.1. The minimum absolute atomic E-state index is 0.0363. The molecule has 5 heterocycles. The third-order valence-electron chi connectivity index (χ3n) is 6.70. The highest BCUT2D eigenvalue weighted by atomic mass is 35.5. The van der Waals surface area contributed by atoms with Crippen molar-refractivity contribution in [3.05, 3.63) is 70.6 Å². The summed E-state index contributed by atoms with van der Waals surface area (Å²) in [5.41, 5.74) is 2.41. The summed E-state index contributed by atoms with van der Waals surface area (Å²) in [6.45, 7) is 2.51. The Hall–Kier alpha value is -3.91. The van der Waals surface area contributed by atoms with E-state index < -0.39 is 0 Å². The van der Waals surface area contributed by atoms with Crippen molar-refractivity contribution in [3.8, 4) is 17.6 Å². The first-order chi connectivity index (χ1) is 19.6. The van der Waals surface area contributed by atoms with Crippen molar-refractivity contribution in [2.75, 3.05) is 25.0 Å². The van der Waals surface area contributed by atoms with E-state index in [-0.39, 0.29) is 18.2 Å². The van der Waals surface area contributed by atoms with Gasteiger partial charge in [0.25, 0.3) is 0 Å². The number of fused-ring (bicyclic) bond motifs is 1. The van der Waals surface area contributed by atoms with Crippen LogP contribution >= 0.6 is 22.9 Å². The van der Waals surface area contributed by atoms with Crippen LogP contribution < -0.4 is 15.4 Å². The number of ether oxygens (including phenoxy) is 2. The quantitative estimate of drug-likeness (QED) is 0.296. The average molecular weight is 575 g/mol. The topological polar surface area (TPSA) is 102 Å². The van der Waals surface area contributed by atoms with Gasteiger partial charge in [0.1, 0.15) is 24.8 Å². The van der Waals surface area contributed by atoms with Crippen molar-refractivity contribution in [3.63, 3.8) is 0 Å². The fourth-order valence-electron chi connectivity index (χ4n) is 4.65. The lowest BCUT2D eigenvalue weighted by Crippen LogP contribution is -2.32. The van der Waals surface area contributed by atoms with Crippen LogP contribution in [-0.2, 0) is 11.3 Å². The number of anilines is 2. The lowest BCUT2D eigenvalue weighted by molar-refractivity contribution is 0.0763. The number of hydrogen-bond donors (Lipinski definition) is 2. The van der Waals surface area contributed by atoms with E-state index in [9.17, 15) is 4.79 Å². The molecule has 0 aliphatic carbocycles. The number of thiophene rings is 1. The molecule has 1 aromatic carbocycles. The second-order valence-corrected chi connectivity index (χ2v) is 11.1. The summed E-state index contributed by atoms with van der Waals surface area (Å²) < 4.78 is 12.4. The van der Waals surface area contributed by atoms with Crippen LogP contribution in [0.3, 0.4) is 0 Å². The van der Waals surface area contributed by atoms with Crippen molar-refractivity contribution < 1.29 is 14.3 Å². The van der Waals surface area contributed by atoms with Crippen molar-refractivity contribution in [1.82, 2.24) is 25.2 Å². The monoisotopic (exact) mass is 574 g/mol. The molecular formula is C29H27ClN6O3S. The lowest BCUT2D eigenvalue weighted by atomic mass is 10.2. The standard InChI is InChI=1S/C29H27ClN6O3S/c30-24-14-20(7-9-26(24)38-17-21-5-1-2-10-31-21)35-28-27-25(33-18-34-28)15-23(40-27)8-6-19-13-22(16-32-19)39-29(37)36-11-3-4-12-36/h1-2,5,7,9-10,14-15,18-19,22,32H,3-4,11-13,16-17H2,(H,33,34,35). The molecular weight excluding hydrogens is 548 g/mol. The van der Waals surface area contributed by atoms with Crippen LogP contribution in [0.1, 0.15) is 29.8 Å². The molecule has 11 heteroatoms. The molecule has 6 rings (SSSR count). The molecule has 204 valence electrons. The highest BCUT2D eigenvalue weighted by molar-refractivity contribution is 7.20. The number of aromatic nitrogens is 3. The SMILES string of the molecule is O=C(OC1CNC(C#Cc2cc3ncnc(Nc4ccc(OCc5ccccn5)c(Cl)c4)c3s2)C1)N1CCCC1. The third kappa shape index (κ3) is 6.28. The number of nitrogens with zero attached hydrogens (tertiary/aromatic N) is 4. The van der Waals surface area contributed by atoms with E-state index in [1.54, 1.807) is 17.2 Å². The molecule has 0 spiro atoms. The highest BCUT2D eigenvalue weighted by Crippen LogP contribution is 2.33. The number of amides is 1. The van der Waals surface area contributed by atoms with Gasteiger partial charge in [0.2, 0.25) is 0 Å². The summed E-state index contributed by atoms with van der Waals surface area (Å²) in [5.74, 6) is 7.79. The minimum atomic E-state index is -0.214. The fraction of sp³-hybridized carbons (Fsp3) is 0.310. The number of carbonyl (C=O) groups excluding carboxylic acids is 1. The maximum atomic E-state index is 12.3. The molecule has 4 aromatic rings. The molecule has 1 amide bonds. The lowest BCUT2D eigenvalue weighted by Gasteiger charge is -2.18. The number of benzene rings is 1. The summed E-state index contributed by atoms with van der Waals surface area (Å²) in [7, 11) is 0. The number of pyridine rings is 1.